The van der Waals surface area contributed by atoms with Gasteiger partial charge in [-0.1, -0.05) is 0 Å². The van der Waals surface area contributed by atoms with Crippen LogP contribution in [0.5, 0.6) is 0 Å². The highest BCUT2D eigenvalue weighted by molar-refractivity contribution is 5.58. The minimum absolute atomic E-state index is 0.538. The third-order valence-electron chi connectivity index (χ3n) is 5.34. The van der Waals surface area contributed by atoms with E-state index in [1.807, 2.05) is 18.3 Å². The first-order valence-electron chi connectivity index (χ1n) is 10.3. The number of nitrogens with one attached hydrogen (secondary N) is 3. The smallest absolute Gasteiger partial charge is 0.228 e. The third kappa shape index (κ3) is 4.38. The lowest BCUT2D eigenvalue weighted by Gasteiger charge is -2.36. The van der Waals surface area contributed by atoms with E-state index in [9.17, 15) is 0 Å². The van der Waals surface area contributed by atoms with Crippen molar-refractivity contribution in [2.75, 3.05) is 36.4 Å². The molecule has 0 aromatic carbocycles. The summed E-state index contributed by atoms with van der Waals surface area (Å²) in [5, 5.41) is 10.5. The molecular formula is C21H24N10. The molecule has 0 bridgehead atoms. The molecule has 3 N–H and O–H groups in total. The number of piperazine rings is 1. The summed E-state index contributed by atoms with van der Waals surface area (Å²) in [4.78, 5) is 25.3. The SMILES string of the molecule is Cc1nc(-c2ncc[nH]2)ccc1N1CCN(Cc2cc(Nc3ncccn3)n[nH]2)CC1. The van der Waals surface area contributed by atoms with Gasteiger partial charge in [-0.05, 0) is 25.1 Å². The van der Waals surface area contributed by atoms with Gasteiger partial charge in [-0.3, -0.25) is 10.00 Å². The van der Waals surface area contributed by atoms with Gasteiger partial charge in [0.2, 0.25) is 5.95 Å². The highest BCUT2D eigenvalue weighted by Gasteiger charge is 2.20. The van der Waals surface area contributed by atoms with Crippen LogP contribution in [0.3, 0.4) is 0 Å². The first-order chi connectivity index (χ1) is 15.2. The van der Waals surface area contributed by atoms with Crippen LogP contribution in [0.4, 0.5) is 17.5 Å². The van der Waals surface area contributed by atoms with Crippen LogP contribution in [0, 0.1) is 6.92 Å². The molecule has 10 nitrogen and oxygen atoms in total. The average molecular weight is 416 g/mol. The van der Waals surface area contributed by atoms with Crippen LogP contribution in [-0.4, -0.2) is 66.2 Å². The van der Waals surface area contributed by atoms with Gasteiger partial charge in [0.1, 0.15) is 5.69 Å². The van der Waals surface area contributed by atoms with E-state index < -0.39 is 0 Å². The Morgan fingerprint density at radius 1 is 1.03 bits per heavy atom. The number of aromatic amines is 2. The van der Waals surface area contributed by atoms with Crippen molar-refractivity contribution < 1.29 is 0 Å². The van der Waals surface area contributed by atoms with Crippen LogP contribution in [-0.2, 0) is 6.54 Å². The molecule has 5 heterocycles. The van der Waals surface area contributed by atoms with Crippen molar-refractivity contribution in [1.29, 1.82) is 0 Å². The predicted molar refractivity (Wildman–Crippen MR) is 118 cm³/mol. The summed E-state index contributed by atoms with van der Waals surface area (Å²) in [6.07, 6.45) is 6.95. The van der Waals surface area contributed by atoms with Crippen molar-refractivity contribution in [2.45, 2.75) is 13.5 Å². The summed E-state index contributed by atoms with van der Waals surface area (Å²) in [6.45, 7) is 6.75. The molecule has 0 unspecified atom stereocenters. The van der Waals surface area contributed by atoms with E-state index in [2.05, 4.69) is 58.2 Å². The Morgan fingerprint density at radius 3 is 2.61 bits per heavy atom. The Hall–Kier alpha value is -3.79. The monoisotopic (exact) mass is 416 g/mol. The van der Waals surface area contributed by atoms with Gasteiger partial charge in [-0.15, -0.1) is 0 Å². The number of hydrogen-bond donors (Lipinski definition) is 3. The standard InChI is InChI=1S/C21H24N10/c1-15-18(4-3-17(26-15)20-22-7-8-23-20)31-11-9-30(10-12-31)14-16-13-19(29-28-16)27-21-24-5-2-6-25-21/h2-8,13H,9-12,14H2,1H3,(H,22,23)(H2,24,25,27,28,29). The normalized spacial score (nSPS) is 14.7. The molecule has 1 aliphatic heterocycles. The van der Waals surface area contributed by atoms with Crippen molar-refractivity contribution in [3.63, 3.8) is 0 Å². The summed E-state index contributed by atoms with van der Waals surface area (Å²) in [5.41, 5.74) is 4.14. The van der Waals surface area contributed by atoms with E-state index in [0.29, 0.717) is 5.95 Å². The predicted octanol–water partition coefficient (Wildman–Crippen LogP) is 2.36. The minimum atomic E-state index is 0.538. The largest absolute Gasteiger partial charge is 0.368 e. The Bertz CT molecular complexity index is 1110. The van der Waals surface area contributed by atoms with Crippen molar-refractivity contribution in [2.24, 2.45) is 0 Å². The molecule has 4 aromatic heterocycles. The summed E-state index contributed by atoms with van der Waals surface area (Å²) in [7, 11) is 0. The zero-order chi connectivity index (χ0) is 21.0. The van der Waals surface area contributed by atoms with Crippen molar-refractivity contribution in [3.05, 3.63) is 60.4 Å². The number of hydrogen-bond acceptors (Lipinski definition) is 8. The van der Waals surface area contributed by atoms with Crippen LogP contribution in [0.1, 0.15) is 11.4 Å². The summed E-state index contributed by atoms with van der Waals surface area (Å²) in [5.74, 6) is 2.06. The Morgan fingerprint density at radius 2 is 1.87 bits per heavy atom. The highest BCUT2D eigenvalue weighted by atomic mass is 15.3. The number of imidazole rings is 1. The summed E-state index contributed by atoms with van der Waals surface area (Å²) < 4.78 is 0. The maximum Gasteiger partial charge on any atom is 0.228 e. The molecule has 4 aromatic rings. The van der Waals surface area contributed by atoms with E-state index in [1.165, 1.54) is 5.69 Å². The molecule has 0 atom stereocenters. The number of nitrogens with zero attached hydrogens (tertiary/aromatic N) is 7. The molecule has 0 aliphatic carbocycles. The number of H-pyrrole nitrogens is 2. The van der Waals surface area contributed by atoms with Gasteiger partial charge in [0.05, 0.1) is 17.1 Å². The van der Waals surface area contributed by atoms with E-state index in [4.69, 9.17) is 4.98 Å². The number of aryl methyl sites for hydroxylation is 1. The zero-order valence-electron chi connectivity index (χ0n) is 17.3. The second-order valence-electron chi connectivity index (χ2n) is 7.48. The van der Waals surface area contributed by atoms with Gasteiger partial charge in [0, 0.05) is 63.6 Å². The van der Waals surface area contributed by atoms with Crippen molar-refractivity contribution in [1.82, 2.24) is 40.0 Å². The van der Waals surface area contributed by atoms with Gasteiger partial charge in [-0.25, -0.2) is 19.9 Å². The van der Waals surface area contributed by atoms with Gasteiger partial charge < -0.3 is 15.2 Å². The maximum atomic E-state index is 4.74. The Balaban J connectivity index is 1.17. The lowest BCUT2D eigenvalue weighted by Crippen LogP contribution is -2.46. The molecule has 1 aliphatic rings. The first kappa shape index (κ1) is 19.2. The highest BCUT2D eigenvalue weighted by Crippen LogP contribution is 2.24. The third-order valence-corrected chi connectivity index (χ3v) is 5.34. The van der Waals surface area contributed by atoms with Crippen molar-refractivity contribution in [3.8, 4) is 11.5 Å². The second-order valence-corrected chi connectivity index (χ2v) is 7.48. The number of aromatic nitrogens is 7. The quantitative estimate of drug-likeness (QED) is 0.439. The Kier molecular flexibility index (Phi) is 5.28. The van der Waals surface area contributed by atoms with Gasteiger partial charge in [0.25, 0.3) is 0 Å². The van der Waals surface area contributed by atoms with Crippen molar-refractivity contribution >= 4 is 17.5 Å². The number of rotatable bonds is 6. The van der Waals surface area contributed by atoms with Crippen LogP contribution in [0.25, 0.3) is 11.5 Å². The topological polar surface area (TPSA) is 115 Å². The van der Waals surface area contributed by atoms with E-state index in [-0.39, 0.29) is 0 Å². The fraction of sp³-hybridized carbons (Fsp3) is 0.286. The molecule has 1 fully saturated rings. The molecule has 0 radical (unpaired) electrons. The van der Waals surface area contributed by atoms with E-state index >= 15 is 0 Å². The summed E-state index contributed by atoms with van der Waals surface area (Å²) in [6, 6.07) is 7.97. The van der Waals surface area contributed by atoms with E-state index in [0.717, 1.165) is 61.4 Å². The minimum Gasteiger partial charge on any atom is -0.368 e. The molecule has 10 heteroatoms. The zero-order valence-corrected chi connectivity index (χ0v) is 17.3. The first-order valence-corrected chi connectivity index (χ1v) is 10.3. The second kappa shape index (κ2) is 8.52. The van der Waals surface area contributed by atoms with Crippen LogP contribution in [0.15, 0.2) is 49.1 Å². The number of pyridine rings is 1. The molecule has 31 heavy (non-hydrogen) atoms. The van der Waals surface area contributed by atoms with Crippen LogP contribution < -0.4 is 10.2 Å². The molecule has 1 saturated heterocycles. The van der Waals surface area contributed by atoms with Gasteiger partial charge >= 0.3 is 0 Å². The van der Waals surface area contributed by atoms with Gasteiger partial charge in [-0.2, -0.15) is 5.10 Å². The molecule has 0 amide bonds. The maximum absolute atomic E-state index is 4.74. The average Bonchev–Trinajstić information content (AvgIpc) is 3.48. The van der Waals surface area contributed by atoms with Gasteiger partial charge in [0.15, 0.2) is 11.6 Å². The lowest BCUT2D eigenvalue weighted by molar-refractivity contribution is 0.247. The molecule has 0 saturated carbocycles. The van der Waals surface area contributed by atoms with E-state index in [1.54, 1.807) is 24.7 Å². The summed E-state index contributed by atoms with van der Waals surface area (Å²) >= 11 is 0. The van der Waals surface area contributed by atoms with Crippen LogP contribution >= 0.6 is 0 Å². The Labute approximate surface area is 179 Å². The molecule has 0 spiro atoms. The fourth-order valence-electron chi connectivity index (χ4n) is 3.80. The molecule has 5 rings (SSSR count). The number of anilines is 3. The van der Waals surface area contributed by atoms with Crippen LogP contribution in [0.2, 0.25) is 0 Å². The molecular weight excluding hydrogens is 392 g/mol. The fourth-order valence-corrected chi connectivity index (χ4v) is 3.80. The molecule has 158 valence electrons. The lowest BCUT2D eigenvalue weighted by atomic mass is 10.2.